The number of hydrogen-bond acceptors (Lipinski definition) is 2. The van der Waals surface area contributed by atoms with Crippen molar-refractivity contribution in [3.63, 3.8) is 0 Å². The maximum Gasteiger partial charge on any atom is 0.250 e. The van der Waals surface area contributed by atoms with Gasteiger partial charge in [0.05, 0.1) is 0 Å². The van der Waals surface area contributed by atoms with Crippen LogP contribution in [0.25, 0.3) is 0 Å². The van der Waals surface area contributed by atoms with Gasteiger partial charge in [0.2, 0.25) is 11.8 Å². The molecule has 0 radical (unpaired) electrons. The molecule has 2 atom stereocenters. The second kappa shape index (κ2) is 6.29. The largest absolute Gasteiger partial charge is 0.342 e. The Balaban J connectivity index is 2.38. The predicted molar refractivity (Wildman–Crippen MR) is 84.3 cm³/mol. The number of rotatable bonds is 4. The Hall–Kier alpha value is -1.84. The van der Waals surface area contributed by atoms with E-state index in [0.29, 0.717) is 5.92 Å². The molecule has 1 aliphatic rings. The molecule has 1 aromatic carbocycles. The molecule has 21 heavy (non-hydrogen) atoms. The molecule has 1 aliphatic heterocycles. The van der Waals surface area contributed by atoms with Crippen LogP contribution in [0.3, 0.4) is 0 Å². The van der Waals surface area contributed by atoms with Gasteiger partial charge in [-0.05, 0) is 23.5 Å². The van der Waals surface area contributed by atoms with Gasteiger partial charge in [-0.25, -0.2) is 0 Å². The van der Waals surface area contributed by atoms with E-state index in [2.05, 4.69) is 19.2 Å². The average molecular weight is 288 g/mol. The molecule has 1 fully saturated rings. The van der Waals surface area contributed by atoms with Crippen LogP contribution < -0.4 is 10.2 Å². The van der Waals surface area contributed by atoms with Gasteiger partial charge in [-0.1, -0.05) is 52.3 Å². The van der Waals surface area contributed by atoms with Gasteiger partial charge < -0.3 is 10.2 Å². The molecule has 1 aromatic rings. The van der Waals surface area contributed by atoms with Gasteiger partial charge in [-0.2, -0.15) is 0 Å². The fourth-order valence-corrected chi connectivity index (χ4v) is 2.72. The molecule has 1 heterocycles. The average Bonchev–Trinajstić information content (AvgIpc) is 2.48. The zero-order chi connectivity index (χ0) is 15.6. The molecule has 0 aromatic heterocycles. The van der Waals surface area contributed by atoms with Gasteiger partial charge in [0, 0.05) is 5.69 Å². The maximum atomic E-state index is 12.8. The molecule has 4 nitrogen and oxygen atoms in total. The number of anilines is 1. The van der Waals surface area contributed by atoms with E-state index in [9.17, 15) is 9.59 Å². The van der Waals surface area contributed by atoms with E-state index in [1.165, 1.54) is 0 Å². The van der Waals surface area contributed by atoms with E-state index >= 15 is 0 Å². The molecule has 114 valence electrons. The molecule has 1 saturated heterocycles. The van der Waals surface area contributed by atoms with Crippen molar-refractivity contribution in [2.24, 2.45) is 5.92 Å². The lowest BCUT2D eigenvalue weighted by atomic mass is 9.94. The SMILES string of the molecule is CCC(C)C1NC(=O)CN(c2ccccc2C(C)C)C1=O. The van der Waals surface area contributed by atoms with Crippen LogP contribution in [0.15, 0.2) is 24.3 Å². The monoisotopic (exact) mass is 288 g/mol. The van der Waals surface area contributed by atoms with Gasteiger partial charge in [0.1, 0.15) is 12.6 Å². The standard InChI is InChI=1S/C17H24N2O2/c1-5-12(4)16-17(21)19(10-15(20)18-16)14-9-7-6-8-13(14)11(2)3/h6-9,11-12,16H,5,10H2,1-4H3,(H,18,20). The number of carbonyl (C=O) groups is 2. The minimum Gasteiger partial charge on any atom is -0.342 e. The van der Waals surface area contributed by atoms with Gasteiger partial charge in [-0.15, -0.1) is 0 Å². The normalized spacial score (nSPS) is 20.6. The fraction of sp³-hybridized carbons (Fsp3) is 0.529. The highest BCUT2D eigenvalue weighted by molar-refractivity contribution is 6.07. The maximum absolute atomic E-state index is 12.8. The van der Waals surface area contributed by atoms with Crippen molar-refractivity contribution in [1.82, 2.24) is 5.32 Å². The zero-order valence-electron chi connectivity index (χ0n) is 13.2. The third kappa shape index (κ3) is 3.09. The number of amides is 2. The molecule has 2 amide bonds. The molecule has 2 unspecified atom stereocenters. The highest BCUT2D eigenvalue weighted by atomic mass is 16.2. The minimum absolute atomic E-state index is 0.00273. The van der Waals surface area contributed by atoms with Crippen molar-refractivity contribution < 1.29 is 9.59 Å². The predicted octanol–water partition coefficient (Wildman–Crippen LogP) is 2.69. The second-order valence-electron chi connectivity index (χ2n) is 6.07. The van der Waals surface area contributed by atoms with Crippen LogP contribution in [0.4, 0.5) is 5.69 Å². The first-order chi connectivity index (χ1) is 9.95. The first kappa shape index (κ1) is 15.5. The summed E-state index contributed by atoms with van der Waals surface area (Å²) < 4.78 is 0. The van der Waals surface area contributed by atoms with Crippen LogP contribution in [0.2, 0.25) is 0 Å². The molecular weight excluding hydrogens is 264 g/mol. The molecule has 0 spiro atoms. The summed E-state index contributed by atoms with van der Waals surface area (Å²) in [7, 11) is 0. The van der Waals surface area contributed by atoms with E-state index in [4.69, 9.17) is 0 Å². The van der Waals surface area contributed by atoms with Crippen LogP contribution in [0, 0.1) is 5.92 Å². The van der Waals surface area contributed by atoms with Crippen LogP contribution in [-0.4, -0.2) is 24.4 Å². The number of nitrogens with zero attached hydrogens (tertiary/aromatic N) is 1. The first-order valence-corrected chi connectivity index (χ1v) is 7.65. The van der Waals surface area contributed by atoms with Crippen molar-refractivity contribution >= 4 is 17.5 Å². The van der Waals surface area contributed by atoms with Crippen molar-refractivity contribution in [3.8, 4) is 0 Å². The summed E-state index contributed by atoms with van der Waals surface area (Å²) in [5.41, 5.74) is 1.96. The highest BCUT2D eigenvalue weighted by Gasteiger charge is 2.36. The van der Waals surface area contributed by atoms with Crippen LogP contribution in [-0.2, 0) is 9.59 Å². The van der Waals surface area contributed by atoms with Crippen LogP contribution >= 0.6 is 0 Å². The molecule has 0 bridgehead atoms. The number of para-hydroxylation sites is 1. The van der Waals surface area contributed by atoms with Crippen LogP contribution in [0.1, 0.15) is 45.6 Å². The Labute approximate surface area is 126 Å². The van der Waals surface area contributed by atoms with Gasteiger partial charge in [0.15, 0.2) is 0 Å². The zero-order valence-corrected chi connectivity index (χ0v) is 13.2. The lowest BCUT2D eigenvalue weighted by molar-refractivity contribution is -0.132. The smallest absolute Gasteiger partial charge is 0.250 e. The number of hydrogen-bond donors (Lipinski definition) is 1. The lowest BCUT2D eigenvalue weighted by Crippen LogP contribution is -2.60. The lowest BCUT2D eigenvalue weighted by Gasteiger charge is -2.36. The third-order valence-corrected chi connectivity index (χ3v) is 4.21. The minimum atomic E-state index is -0.420. The topological polar surface area (TPSA) is 49.4 Å². The van der Waals surface area contributed by atoms with Crippen molar-refractivity contribution in [2.75, 3.05) is 11.4 Å². The molecule has 1 N–H and O–H groups in total. The van der Waals surface area contributed by atoms with Gasteiger partial charge in [-0.3, -0.25) is 9.59 Å². The summed E-state index contributed by atoms with van der Waals surface area (Å²) in [6.07, 6.45) is 0.857. The number of nitrogens with one attached hydrogen (secondary N) is 1. The Bertz CT molecular complexity index is 539. The summed E-state index contributed by atoms with van der Waals surface area (Å²) in [4.78, 5) is 26.4. The second-order valence-corrected chi connectivity index (χ2v) is 6.07. The van der Waals surface area contributed by atoms with Crippen molar-refractivity contribution in [2.45, 2.75) is 46.1 Å². The van der Waals surface area contributed by atoms with E-state index in [1.54, 1.807) is 4.90 Å². The summed E-state index contributed by atoms with van der Waals surface area (Å²) in [6, 6.07) is 7.42. The van der Waals surface area contributed by atoms with E-state index in [-0.39, 0.29) is 24.3 Å². The number of carbonyl (C=O) groups excluding carboxylic acids is 2. The summed E-state index contributed by atoms with van der Waals surface area (Å²) in [5, 5.41) is 2.84. The summed E-state index contributed by atoms with van der Waals surface area (Å²) in [6.45, 7) is 8.33. The van der Waals surface area contributed by atoms with Crippen molar-refractivity contribution in [3.05, 3.63) is 29.8 Å². The van der Waals surface area contributed by atoms with Crippen LogP contribution in [0.5, 0.6) is 0 Å². The van der Waals surface area contributed by atoms with E-state index in [1.807, 2.05) is 38.1 Å². The first-order valence-electron chi connectivity index (χ1n) is 7.65. The molecule has 4 heteroatoms. The Morgan fingerprint density at radius 3 is 2.52 bits per heavy atom. The Morgan fingerprint density at radius 1 is 1.24 bits per heavy atom. The summed E-state index contributed by atoms with van der Waals surface area (Å²) in [5.74, 6) is 0.354. The number of piperazine rings is 1. The number of benzene rings is 1. The van der Waals surface area contributed by atoms with E-state index in [0.717, 1.165) is 17.7 Å². The molecule has 0 saturated carbocycles. The molecule has 0 aliphatic carbocycles. The fourth-order valence-electron chi connectivity index (χ4n) is 2.72. The molecular formula is C17H24N2O2. The third-order valence-electron chi connectivity index (χ3n) is 4.21. The highest BCUT2D eigenvalue weighted by Crippen LogP contribution is 2.29. The Morgan fingerprint density at radius 2 is 1.90 bits per heavy atom. The quantitative estimate of drug-likeness (QED) is 0.926. The van der Waals surface area contributed by atoms with Crippen molar-refractivity contribution in [1.29, 1.82) is 0 Å². The Kier molecular flexibility index (Phi) is 4.66. The van der Waals surface area contributed by atoms with E-state index < -0.39 is 6.04 Å². The van der Waals surface area contributed by atoms with Gasteiger partial charge in [0.25, 0.3) is 0 Å². The summed E-state index contributed by atoms with van der Waals surface area (Å²) >= 11 is 0. The van der Waals surface area contributed by atoms with Gasteiger partial charge >= 0.3 is 0 Å². The molecule has 2 rings (SSSR count).